The van der Waals surface area contributed by atoms with Crippen LogP contribution in [0.3, 0.4) is 0 Å². The van der Waals surface area contributed by atoms with Crippen molar-refractivity contribution < 1.29 is 33.4 Å². The minimum atomic E-state index is -1.50. The molecule has 1 aliphatic carbocycles. The Hall–Kier alpha value is -3.15. The molecule has 2 aliphatic rings. The number of nitrogens with zero attached hydrogens (tertiary/aromatic N) is 1. The van der Waals surface area contributed by atoms with Gasteiger partial charge in [-0.1, -0.05) is 83.7 Å². The molecule has 0 radical (unpaired) electrons. The number of carbonyl (C=O) groups excluding carboxylic acids is 5. The minimum Gasteiger partial charge on any atom is -0.465 e. The van der Waals surface area contributed by atoms with Crippen molar-refractivity contribution in [3.05, 3.63) is 83.1 Å². The number of hydrogen-bond donors (Lipinski definition) is 1. The molecule has 0 spiro atoms. The number of imide groups is 1. The Labute approximate surface area is 276 Å². The number of ether oxygens (including phenoxy) is 2. The van der Waals surface area contributed by atoms with E-state index in [1.165, 1.54) is 18.4 Å². The highest BCUT2D eigenvalue weighted by molar-refractivity contribution is 7.17. The molecule has 1 N–H and O–H groups in total. The summed E-state index contributed by atoms with van der Waals surface area (Å²) in [4.78, 5) is 67.8. The van der Waals surface area contributed by atoms with Crippen molar-refractivity contribution in [2.75, 3.05) is 19.0 Å². The van der Waals surface area contributed by atoms with E-state index in [1.807, 2.05) is 0 Å². The zero-order valence-electron chi connectivity index (χ0n) is 23.3. The second-order valence-corrected chi connectivity index (χ2v) is 13.0. The van der Waals surface area contributed by atoms with E-state index in [4.69, 9.17) is 55.9 Å². The number of benzene rings is 2. The molecule has 0 bridgehead atoms. The van der Waals surface area contributed by atoms with E-state index >= 15 is 0 Å². The van der Waals surface area contributed by atoms with E-state index in [-0.39, 0.29) is 43.2 Å². The lowest BCUT2D eigenvalue weighted by Gasteiger charge is -2.24. The minimum absolute atomic E-state index is 0.133. The third-order valence-electron chi connectivity index (χ3n) is 7.49. The maximum atomic E-state index is 13.5. The van der Waals surface area contributed by atoms with Crippen LogP contribution in [-0.2, 0) is 38.3 Å². The molecule has 1 aliphatic heterocycles. The smallest absolute Gasteiger partial charge is 0.341 e. The number of rotatable bonds is 8. The fourth-order valence-corrected chi connectivity index (χ4v) is 7.75. The normalized spacial score (nSPS) is 16.3. The average Bonchev–Trinajstić information content (AvgIpc) is 3.49. The first kappa shape index (κ1) is 32.2. The van der Waals surface area contributed by atoms with Crippen molar-refractivity contribution in [1.29, 1.82) is 0 Å². The number of amides is 3. The SMILES string of the molecule is COC(=O)c1c(NC(=O)COC(=O)[C@H](Cc2ccccc2)N2C(=O)c3c(Cl)c(Cl)c(Cl)c(Cl)c3C2=O)sc2c1CC[C@@H](C)C2. The zero-order valence-corrected chi connectivity index (χ0v) is 27.1. The van der Waals surface area contributed by atoms with Crippen molar-refractivity contribution >= 4 is 92.4 Å². The van der Waals surface area contributed by atoms with Gasteiger partial charge in [-0.25, -0.2) is 9.59 Å². The van der Waals surface area contributed by atoms with E-state index in [0.29, 0.717) is 27.8 Å². The summed E-state index contributed by atoms with van der Waals surface area (Å²) < 4.78 is 10.3. The van der Waals surface area contributed by atoms with Crippen LogP contribution in [0.2, 0.25) is 20.1 Å². The van der Waals surface area contributed by atoms with Gasteiger partial charge in [0.25, 0.3) is 17.7 Å². The Morgan fingerprint density at radius 2 is 1.61 bits per heavy atom. The van der Waals surface area contributed by atoms with Crippen LogP contribution in [0.1, 0.15) is 60.4 Å². The van der Waals surface area contributed by atoms with Gasteiger partial charge in [-0.2, -0.15) is 0 Å². The number of esters is 2. The number of hydrogen-bond acceptors (Lipinski definition) is 8. The Morgan fingerprint density at radius 3 is 2.20 bits per heavy atom. The highest BCUT2D eigenvalue weighted by Crippen LogP contribution is 2.45. The summed E-state index contributed by atoms with van der Waals surface area (Å²) in [5.74, 6) is -3.74. The maximum Gasteiger partial charge on any atom is 0.341 e. The van der Waals surface area contributed by atoms with Gasteiger partial charge in [-0.15, -0.1) is 11.3 Å². The Kier molecular flexibility index (Phi) is 9.58. The van der Waals surface area contributed by atoms with Crippen LogP contribution in [0.15, 0.2) is 30.3 Å². The van der Waals surface area contributed by atoms with Crippen LogP contribution in [0.5, 0.6) is 0 Å². The van der Waals surface area contributed by atoms with Crippen molar-refractivity contribution in [2.45, 2.75) is 38.6 Å². The predicted octanol–water partition coefficient (Wildman–Crippen LogP) is 6.66. The number of fused-ring (bicyclic) bond motifs is 2. The van der Waals surface area contributed by atoms with E-state index in [1.54, 1.807) is 30.3 Å². The van der Waals surface area contributed by atoms with Crippen molar-refractivity contribution in [3.63, 3.8) is 0 Å². The molecule has 14 heteroatoms. The molecule has 2 aromatic carbocycles. The maximum absolute atomic E-state index is 13.5. The summed E-state index contributed by atoms with van der Waals surface area (Å²) in [5.41, 5.74) is 1.17. The number of halogens is 4. The van der Waals surface area contributed by atoms with Gasteiger partial charge in [0.15, 0.2) is 6.61 Å². The van der Waals surface area contributed by atoms with E-state index < -0.39 is 42.3 Å². The lowest BCUT2D eigenvalue weighted by molar-refractivity contribution is -0.151. The summed E-state index contributed by atoms with van der Waals surface area (Å²) in [7, 11) is 1.26. The highest BCUT2D eigenvalue weighted by Gasteiger charge is 2.47. The van der Waals surface area contributed by atoms with Crippen LogP contribution in [0.4, 0.5) is 5.00 Å². The third-order valence-corrected chi connectivity index (χ3v) is 10.5. The van der Waals surface area contributed by atoms with Crippen LogP contribution >= 0.6 is 57.7 Å². The standard InChI is InChI=1S/C30H24Cl4N2O7S/c1-13-8-9-15-17(10-13)44-26(19(15)30(41)42-2)35-18(37)12-43-29(40)16(11-14-6-4-3-5-7-14)36-27(38)20-21(28(36)39)23(32)25(34)24(33)22(20)31/h3-7,13,16H,8-12H2,1-2H3,(H,35,37)/t13-,16+/m1/s1. The molecule has 2 heterocycles. The van der Waals surface area contributed by atoms with Gasteiger partial charge in [0.2, 0.25) is 0 Å². The van der Waals surface area contributed by atoms with Gasteiger partial charge in [-0.3, -0.25) is 19.3 Å². The van der Waals surface area contributed by atoms with Gasteiger partial charge in [0.05, 0.1) is 43.9 Å². The lowest BCUT2D eigenvalue weighted by atomic mass is 9.88. The molecular weight excluding hydrogens is 674 g/mol. The molecule has 44 heavy (non-hydrogen) atoms. The van der Waals surface area contributed by atoms with Gasteiger partial charge in [0.1, 0.15) is 11.0 Å². The first-order valence-corrected chi connectivity index (χ1v) is 15.7. The summed E-state index contributed by atoms with van der Waals surface area (Å²) in [5, 5.41) is 1.98. The van der Waals surface area contributed by atoms with Crippen molar-refractivity contribution in [2.24, 2.45) is 5.92 Å². The summed E-state index contributed by atoms with van der Waals surface area (Å²) in [6.07, 6.45) is 2.20. The summed E-state index contributed by atoms with van der Waals surface area (Å²) >= 11 is 26.1. The van der Waals surface area contributed by atoms with Crippen LogP contribution < -0.4 is 5.32 Å². The fourth-order valence-electron chi connectivity index (χ4n) is 5.32. The topological polar surface area (TPSA) is 119 Å². The number of nitrogens with one attached hydrogen (secondary N) is 1. The average molecular weight is 698 g/mol. The number of carbonyl (C=O) groups is 5. The molecule has 0 saturated heterocycles. The molecule has 1 aromatic heterocycles. The summed E-state index contributed by atoms with van der Waals surface area (Å²) in [6.45, 7) is 1.36. The first-order valence-electron chi connectivity index (χ1n) is 13.4. The zero-order chi connectivity index (χ0) is 31.9. The van der Waals surface area contributed by atoms with Gasteiger partial charge < -0.3 is 14.8 Å². The number of thiophene rings is 1. The second-order valence-electron chi connectivity index (χ2n) is 10.4. The molecule has 5 rings (SSSR count). The van der Waals surface area contributed by atoms with Crippen LogP contribution in [-0.4, -0.2) is 54.3 Å². The van der Waals surface area contributed by atoms with Crippen LogP contribution in [0, 0.1) is 5.92 Å². The monoisotopic (exact) mass is 696 g/mol. The third kappa shape index (κ3) is 5.93. The van der Waals surface area contributed by atoms with Crippen molar-refractivity contribution in [3.8, 4) is 0 Å². The molecule has 3 amide bonds. The quantitative estimate of drug-likeness (QED) is 0.121. The Balaban J connectivity index is 1.39. The van der Waals surface area contributed by atoms with Crippen molar-refractivity contribution in [1.82, 2.24) is 4.90 Å². The molecule has 2 atom stereocenters. The Morgan fingerprint density at radius 1 is 1.00 bits per heavy atom. The molecule has 230 valence electrons. The molecular formula is C30H24Cl4N2O7S. The molecule has 0 fully saturated rings. The van der Waals surface area contributed by atoms with E-state index in [2.05, 4.69) is 12.2 Å². The van der Waals surface area contributed by atoms with Gasteiger partial charge in [0, 0.05) is 11.3 Å². The Bertz CT molecular complexity index is 1660. The highest BCUT2D eigenvalue weighted by atomic mass is 35.5. The lowest BCUT2D eigenvalue weighted by Crippen LogP contribution is -2.47. The molecule has 9 nitrogen and oxygen atoms in total. The summed E-state index contributed by atoms with van der Waals surface area (Å²) in [6, 6.07) is 7.11. The van der Waals surface area contributed by atoms with Gasteiger partial charge in [-0.05, 0) is 36.3 Å². The van der Waals surface area contributed by atoms with E-state index in [9.17, 15) is 24.0 Å². The molecule has 0 saturated carbocycles. The van der Waals surface area contributed by atoms with Gasteiger partial charge >= 0.3 is 11.9 Å². The number of anilines is 1. The number of methoxy groups -OCH3 is 1. The second kappa shape index (κ2) is 13.1. The van der Waals surface area contributed by atoms with Crippen LogP contribution in [0.25, 0.3) is 0 Å². The largest absolute Gasteiger partial charge is 0.465 e. The molecule has 0 unspecified atom stereocenters. The predicted molar refractivity (Wildman–Crippen MR) is 167 cm³/mol. The fraction of sp³-hybridized carbons (Fsp3) is 0.300. The molecule has 3 aromatic rings. The first-order chi connectivity index (χ1) is 20.9. The van der Waals surface area contributed by atoms with E-state index in [0.717, 1.165) is 23.3 Å².